The molecular weight excluding hydrogens is 380 g/mol. The monoisotopic (exact) mass is 394 g/mol. The second-order valence-corrected chi connectivity index (χ2v) is 7.48. The van der Waals surface area contributed by atoms with Crippen LogP contribution < -0.4 is 0 Å². The smallest absolute Gasteiger partial charge is 0.227 e. The quantitative estimate of drug-likeness (QED) is 0.310. The molecule has 6 rings (SSSR count). The Bertz CT molecular complexity index is 1480. The molecular formula is C25H15ClN2O. The molecule has 0 aliphatic carbocycles. The minimum Gasteiger partial charge on any atom is -0.436 e. The van der Waals surface area contributed by atoms with Crippen LogP contribution in [0.4, 0.5) is 0 Å². The van der Waals surface area contributed by atoms with E-state index >= 15 is 0 Å². The third-order valence-electron chi connectivity index (χ3n) is 5.30. The minimum atomic E-state index is 0.631. The maximum atomic E-state index is 6.27. The van der Waals surface area contributed by atoms with Crippen molar-refractivity contribution in [1.82, 2.24) is 9.55 Å². The molecule has 29 heavy (non-hydrogen) atoms. The Morgan fingerprint density at radius 3 is 2.34 bits per heavy atom. The number of hydrogen-bond acceptors (Lipinski definition) is 2. The molecule has 0 aliphatic rings. The number of fused-ring (bicyclic) bond motifs is 4. The van der Waals surface area contributed by atoms with E-state index in [4.69, 9.17) is 16.0 Å². The highest BCUT2D eigenvalue weighted by atomic mass is 35.5. The van der Waals surface area contributed by atoms with Crippen LogP contribution in [0.15, 0.2) is 95.4 Å². The van der Waals surface area contributed by atoms with Crippen LogP contribution in [-0.4, -0.2) is 9.55 Å². The zero-order valence-corrected chi connectivity index (χ0v) is 16.1. The summed E-state index contributed by atoms with van der Waals surface area (Å²) in [5, 5.41) is 3.08. The predicted octanol–water partition coefficient (Wildman–Crippen LogP) is 7.25. The summed E-state index contributed by atoms with van der Waals surface area (Å²) in [5.74, 6) is 0.631. The lowest BCUT2D eigenvalue weighted by molar-refractivity contribution is 0.620. The van der Waals surface area contributed by atoms with Gasteiger partial charge in [-0.1, -0.05) is 41.9 Å². The minimum absolute atomic E-state index is 0.631. The molecule has 0 saturated heterocycles. The fourth-order valence-corrected chi connectivity index (χ4v) is 4.14. The molecule has 2 aromatic heterocycles. The molecule has 0 unspecified atom stereocenters. The summed E-state index contributed by atoms with van der Waals surface area (Å²) in [4.78, 5) is 4.60. The molecule has 0 amide bonds. The number of rotatable bonds is 2. The normalized spacial score (nSPS) is 11.6. The largest absolute Gasteiger partial charge is 0.436 e. The van der Waals surface area contributed by atoms with E-state index in [2.05, 4.69) is 64.1 Å². The van der Waals surface area contributed by atoms with Gasteiger partial charge in [0.25, 0.3) is 0 Å². The Labute approximate surface area is 171 Å². The average Bonchev–Trinajstić information content (AvgIpc) is 3.33. The van der Waals surface area contributed by atoms with Gasteiger partial charge >= 0.3 is 0 Å². The molecule has 0 N–H and O–H groups in total. The van der Waals surface area contributed by atoms with Crippen molar-refractivity contribution >= 4 is 44.5 Å². The third-order valence-corrected chi connectivity index (χ3v) is 5.54. The van der Waals surface area contributed by atoms with E-state index < -0.39 is 0 Å². The molecule has 2 heterocycles. The molecule has 0 fully saturated rings. The van der Waals surface area contributed by atoms with E-state index in [-0.39, 0.29) is 0 Å². The first kappa shape index (κ1) is 16.4. The Morgan fingerprint density at radius 2 is 1.48 bits per heavy atom. The van der Waals surface area contributed by atoms with E-state index in [1.165, 1.54) is 5.39 Å². The number of hydrogen-bond donors (Lipinski definition) is 0. The summed E-state index contributed by atoms with van der Waals surface area (Å²) in [5.41, 5.74) is 5.98. The first-order valence-corrected chi connectivity index (χ1v) is 9.81. The molecule has 0 radical (unpaired) electrons. The van der Waals surface area contributed by atoms with Crippen LogP contribution in [0.5, 0.6) is 0 Å². The van der Waals surface area contributed by atoms with Gasteiger partial charge in [-0.25, -0.2) is 4.98 Å². The third kappa shape index (κ3) is 2.55. The van der Waals surface area contributed by atoms with Crippen LogP contribution in [0.3, 0.4) is 0 Å². The van der Waals surface area contributed by atoms with Crippen molar-refractivity contribution in [2.24, 2.45) is 0 Å². The van der Waals surface area contributed by atoms with Gasteiger partial charge in [0.05, 0.1) is 11.0 Å². The molecule has 3 nitrogen and oxygen atoms in total. The Kier molecular flexibility index (Phi) is 3.52. The number of oxazole rings is 1. The van der Waals surface area contributed by atoms with Gasteiger partial charge in [-0.3, -0.25) is 0 Å². The Balaban J connectivity index is 1.52. The maximum Gasteiger partial charge on any atom is 0.227 e. The molecule has 0 saturated carbocycles. The number of nitrogens with zero attached hydrogens (tertiary/aromatic N) is 2. The standard InChI is InChI=1S/C25H15ClN2O/c26-17-11-14-23-20(15-17)19-5-1-3-7-22(19)28(23)18-12-9-16(10-13-18)25-27-21-6-2-4-8-24(21)29-25/h1-15H. The van der Waals surface area contributed by atoms with Gasteiger partial charge < -0.3 is 8.98 Å². The second-order valence-electron chi connectivity index (χ2n) is 7.05. The lowest BCUT2D eigenvalue weighted by atomic mass is 10.2. The fourth-order valence-electron chi connectivity index (χ4n) is 3.97. The molecule has 0 bridgehead atoms. The SMILES string of the molecule is Clc1ccc2c(c1)c1ccccc1n2-c1ccc(-c2nc3ccccc3o2)cc1. The van der Waals surface area contributed by atoms with Gasteiger partial charge in [-0.05, 0) is 60.7 Å². The molecule has 0 aliphatic heterocycles. The predicted molar refractivity (Wildman–Crippen MR) is 119 cm³/mol. The fraction of sp³-hybridized carbons (Fsp3) is 0. The summed E-state index contributed by atoms with van der Waals surface area (Å²) in [7, 11) is 0. The summed E-state index contributed by atoms with van der Waals surface area (Å²) in [6.45, 7) is 0. The molecule has 4 aromatic carbocycles. The van der Waals surface area contributed by atoms with Crippen LogP contribution in [0.1, 0.15) is 0 Å². The van der Waals surface area contributed by atoms with Crippen molar-refractivity contribution in [2.75, 3.05) is 0 Å². The highest BCUT2D eigenvalue weighted by Crippen LogP contribution is 2.34. The summed E-state index contributed by atoms with van der Waals surface area (Å²) in [6.07, 6.45) is 0. The topological polar surface area (TPSA) is 31.0 Å². The highest BCUT2D eigenvalue weighted by molar-refractivity contribution is 6.32. The van der Waals surface area contributed by atoms with Crippen molar-refractivity contribution in [3.05, 3.63) is 96.0 Å². The van der Waals surface area contributed by atoms with E-state index in [1.807, 2.05) is 36.4 Å². The lowest BCUT2D eigenvalue weighted by Crippen LogP contribution is -1.93. The molecule has 138 valence electrons. The number of para-hydroxylation sites is 3. The van der Waals surface area contributed by atoms with E-state index in [0.29, 0.717) is 5.89 Å². The van der Waals surface area contributed by atoms with Crippen molar-refractivity contribution < 1.29 is 4.42 Å². The Hall–Kier alpha value is -3.56. The van der Waals surface area contributed by atoms with Crippen LogP contribution in [0.25, 0.3) is 50.0 Å². The first-order valence-electron chi connectivity index (χ1n) is 9.43. The number of aromatic nitrogens is 2. The average molecular weight is 395 g/mol. The zero-order valence-electron chi connectivity index (χ0n) is 15.3. The van der Waals surface area contributed by atoms with Crippen molar-refractivity contribution in [2.45, 2.75) is 0 Å². The van der Waals surface area contributed by atoms with E-state index in [9.17, 15) is 0 Å². The van der Waals surface area contributed by atoms with Crippen LogP contribution in [0.2, 0.25) is 5.02 Å². The van der Waals surface area contributed by atoms with Gasteiger partial charge in [-0.2, -0.15) is 0 Å². The van der Waals surface area contributed by atoms with Crippen LogP contribution in [0, 0.1) is 0 Å². The molecule has 4 heteroatoms. The number of benzene rings is 4. The van der Waals surface area contributed by atoms with E-state index in [0.717, 1.165) is 43.8 Å². The van der Waals surface area contributed by atoms with Gasteiger partial charge in [0.2, 0.25) is 5.89 Å². The summed E-state index contributed by atoms with van der Waals surface area (Å²) in [6, 6.07) is 30.6. The van der Waals surface area contributed by atoms with Crippen LogP contribution in [-0.2, 0) is 0 Å². The van der Waals surface area contributed by atoms with Crippen molar-refractivity contribution in [3.8, 4) is 17.1 Å². The van der Waals surface area contributed by atoms with Crippen molar-refractivity contribution in [3.63, 3.8) is 0 Å². The second kappa shape index (κ2) is 6.23. The summed E-state index contributed by atoms with van der Waals surface area (Å²) >= 11 is 6.27. The molecule has 6 aromatic rings. The number of halogens is 1. The van der Waals surface area contributed by atoms with Gasteiger partial charge in [0.1, 0.15) is 5.52 Å². The molecule has 0 spiro atoms. The first-order chi connectivity index (χ1) is 14.3. The van der Waals surface area contributed by atoms with Crippen molar-refractivity contribution in [1.29, 1.82) is 0 Å². The lowest BCUT2D eigenvalue weighted by Gasteiger charge is -2.08. The summed E-state index contributed by atoms with van der Waals surface area (Å²) < 4.78 is 8.17. The van der Waals surface area contributed by atoms with Gasteiger partial charge in [0.15, 0.2) is 5.58 Å². The highest BCUT2D eigenvalue weighted by Gasteiger charge is 2.13. The van der Waals surface area contributed by atoms with Gasteiger partial charge in [0, 0.05) is 27.0 Å². The van der Waals surface area contributed by atoms with E-state index in [1.54, 1.807) is 0 Å². The van der Waals surface area contributed by atoms with Crippen LogP contribution >= 0.6 is 11.6 Å². The maximum absolute atomic E-state index is 6.27. The Morgan fingerprint density at radius 1 is 0.724 bits per heavy atom. The zero-order chi connectivity index (χ0) is 19.4. The van der Waals surface area contributed by atoms with Gasteiger partial charge in [-0.15, -0.1) is 0 Å². The molecule has 0 atom stereocenters.